The summed E-state index contributed by atoms with van der Waals surface area (Å²) < 4.78 is 5.71. The molecule has 1 aliphatic rings. The highest BCUT2D eigenvalue weighted by atomic mass is 35.5. The van der Waals surface area contributed by atoms with Crippen LogP contribution in [0, 0.1) is 6.92 Å². The average molecular weight is 269 g/mol. The number of rotatable bonds is 3. The van der Waals surface area contributed by atoms with Gasteiger partial charge >= 0.3 is 0 Å². The molecule has 0 spiro atoms. The van der Waals surface area contributed by atoms with E-state index in [1.165, 1.54) is 12.8 Å². The third-order valence-electron chi connectivity index (χ3n) is 3.88. The van der Waals surface area contributed by atoms with E-state index in [2.05, 4.69) is 23.8 Å². The van der Waals surface area contributed by atoms with Crippen LogP contribution in [0.2, 0.25) is 5.15 Å². The minimum absolute atomic E-state index is 0.316. The summed E-state index contributed by atoms with van der Waals surface area (Å²) in [5.74, 6) is 1.10. The molecule has 2 rings (SSSR count). The fraction of sp³-hybridized carbons (Fsp3) is 0.714. The van der Waals surface area contributed by atoms with E-state index in [1.807, 2.05) is 6.92 Å². The number of halogens is 1. The SMILES string of the molecule is COC1(c2nc(C)c(C(C)C)c(Cl)n2)CCCC1. The molecule has 4 heteroatoms. The fourth-order valence-electron chi connectivity index (χ4n) is 2.87. The lowest BCUT2D eigenvalue weighted by atomic mass is 9.99. The summed E-state index contributed by atoms with van der Waals surface area (Å²) in [4.78, 5) is 9.17. The number of hydrogen-bond donors (Lipinski definition) is 0. The van der Waals surface area contributed by atoms with Gasteiger partial charge in [0.05, 0.1) is 0 Å². The first-order valence-corrected chi connectivity index (χ1v) is 6.97. The molecule has 100 valence electrons. The summed E-state index contributed by atoms with van der Waals surface area (Å²) in [5.41, 5.74) is 1.71. The van der Waals surface area contributed by atoms with Crippen molar-refractivity contribution in [1.82, 2.24) is 9.97 Å². The predicted molar refractivity (Wildman–Crippen MR) is 73.0 cm³/mol. The smallest absolute Gasteiger partial charge is 0.162 e. The largest absolute Gasteiger partial charge is 0.370 e. The van der Waals surface area contributed by atoms with E-state index in [9.17, 15) is 0 Å². The lowest BCUT2D eigenvalue weighted by Gasteiger charge is -2.27. The topological polar surface area (TPSA) is 35.0 Å². The lowest BCUT2D eigenvalue weighted by molar-refractivity contribution is -0.0164. The minimum Gasteiger partial charge on any atom is -0.370 e. The van der Waals surface area contributed by atoms with Gasteiger partial charge in [-0.25, -0.2) is 9.97 Å². The maximum Gasteiger partial charge on any atom is 0.162 e. The number of aromatic nitrogens is 2. The molecule has 1 fully saturated rings. The second-order valence-electron chi connectivity index (χ2n) is 5.40. The van der Waals surface area contributed by atoms with Crippen LogP contribution >= 0.6 is 11.6 Å². The van der Waals surface area contributed by atoms with Crippen molar-refractivity contribution in [3.05, 3.63) is 22.2 Å². The van der Waals surface area contributed by atoms with Crippen molar-refractivity contribution in [3.63, 3.8) is 0 Å². The Balaban J connectivity index is 2.47. The molecule has 0 aliphatic heterocycles. The number of hydrogen-bond acceptors (Lipinski definition) is 3. The molecule has 0 saturated heterocycles. The quantitative estimate of drug-likeness (QED) is 0.778. The van der Waals surface area contributed by atoms with Crippen LogP contribution in [0.1, 0.15) is 62.5 Å². The normalized spacial score (nSPS) is 18.6. The predicted octanol–water partition coefficient (Wildman–Crippen LogP) is 3.98. The van der Waals surface area contributed by atoms with E-state index < -0.39 is 0 Å². The standard InChI is InChI=1S/C14H21ClN2O/c1-9(2)11-10(3)16-13(17-12(11)15)14(18-4)7-5-6-8-14/h9H,5-8H2,1-4H3. The highest BCUT2D eigenvalue weighted by molar-refractivity contribution is 6.30. The zero-order valence-electron chi connectivity index (χ0n) is 11.6. The molecule has 1 saturated carbocycles. The van der Waals surface area contributed by atoms with Crippen LogP contribution < -0.4 is 0 Å². The van der Waals surface area contributed by atoms with Crippen LogP contribution in [0.15, 0.2) is 0 Å². The summed E-state index contributed by atoms with van der Waals surface area (Å²) in [6.45, 7) is 6.22. The molecule has 0 atom stereocenters. The number of methoxy groups -OCH3 is 1. The van der Waals surface area contributed by atoms with E-state index in [-0.39, 0.29) is 5.60 Å². The molecule has 1 aromatic rings. The van der Waals surface area contributed by atoms with Gasteiger partial charge in [-0.3, -0.25) is 0 Å². The zero-order valence-corrected chi connectivity index (χ0v) is 12.3. The van der Waals surface area contributed by atoms with E-state index >= 15 is 0 Å². The third-order valence-corrected chi connectivity index (χ3v) is 4.16. The van der Waals surface area contributed by atoms with Gasteiger partial charge in [-0.15, -0.1) is 0 Å². The van der Waals surface area contributed by atoms with Crippen molar-refractivity contribution in [2.24, 2.45) is 0 Å². The highest BCUT2D eigenvalue weighted by Gasteiger charge is 2.39. The van der Waals surface area contributed by atoms with Crippen molar-refractivity contribution < 1.29 is 4.74 Å². The zero-order chi connectivity index (χ0) is 13.3. The van der Waals surface area contributed by atoms with E-state index in [4.69, 9.17) is 16.3 Å². The van der Waals surface area contributed by atoms with Crippen LogP contribution in [-0.4, -0.2) is 17.1 Å². The summed E-state index contributed by atoms with van der Waals surface area (Å²) in [6.07, 6.45) is 4.31. The molecule has 0 bridgehead atoms. The molecule has 3 nitrogen and oxygen atoms in total. The Kier molecular flexibility index (Phi) is 3.93. The van der Waals surface area contributed by atoms with Crippen LogP contribution in [-0.2, 0) is 10.3 Å². The Morgan fingerprint density at radius 1 is 1.22 bits per heavy atom. The Hall–Kier alpha value is -0.670. The molecule has 0 unspecified atom stereocenters. The van der Waals surface area contributed by atoms with Crippen LogP contribution in [0.3, 0.4) is 0 Å². The second kappa shape index (κ2) is 5.14. The van der Waals surface area contributed by atoms with E-state index in [1.54, 1.807) is 7.11 Å². The molecular formula is C14H21ClN2O. The second-order valence-corrected chi connectivity index (χ2v) is 5.76. The molecule has 1 aromatic heterocycles. The Morgan fingerprint density at radius 3 is 2.28 bits per heavy atom. The van der Waals surface area contributed by atoms with Gasteiger partial charge < -0.3 is 4.74 Å². The van der Waals surface area contributed by atoms with Crippen molar-refractivity contribution in [2.75, 3.05) is 7.11 Å². The third kappa shape index (κ3) is 2.26. The molecule has 0 N–H and O–H groups in total. The fourth-order valence-corrected chi connectivity index (χ4v) is 3.31. The number of ether oxygens (including phenoxy) is 1. The average Bonchev–Trinajstić information content (AvgIpc) is 2.77. The van der Waals surface area contributed by atoms with Gasteiger partial charge in [-0.1, -0.05) is 25.4 Å². The minimum atomic E-state index is -0.316. The maximum absolute atomic E-state index is 6.32. The van der Waals surface area contributed by atoms with Gasteiger partial charge in [-0.2, -0.15) is 0 Å². The van der Waals surface area contributed by atoms with Gasteiger partial charge in [0.2, 0.25) is 0 Å². The molecule has 1 aliphatic carbocycles. The Labute approximate surface area is 114 Å². The van der Waals surface area contributed by atoms with Gasteiger partial charge in [-0.05, 0) is 38.5 Å². The first-order chi connectivity index (χ1) is 8.50. The number of aryl methyl sites for hydroxylation is 1. The van der Waals surface area contributed by atoms with E-state index in [0.29, 0.717) is 11.1 Å². The molecular weight excluding hydrogens is 248 g/mol. The number of nitrogens with zero attached hydrogens (tertiary/aromatic N) is 2. The van der Waals surface area contributed by atoms with Crippen LogP contribution in [0.4, 0.5) is 0 Å². The van der Waals surface area contributed by atoms with Crippen molar-refractivity contribution in [2.45, 2.75) is 58.0 Å². The Morgan fingerprint density at radius 2 is 1.83 bits per heavy atom. The first-order valence-electron chi connectivity index (χ1n) is 6.60. The van der Waals surface area contributed by atoms with Gasteiger partial charge in [0.25, 0.3) is 0 Å². The van der Waals surface area contributed by atoms with E-state index in [0.717, 1.165) is 29.9 Å². The van der Waals surface area contributed by atoms with Gasteiger partial charge in [0, 0.05) is 18.4 Å². The van der Waals surface area contributed by atoms with Crippen LogP contribution in [0.5, 0.6) is 0 Å². The molecule has 1 heterocycles. The summed E-state index contributed by atoms with van der Waals surface area (Å²) in [5, 5.41) is 0.579. The first kappa shape index (κ1) is 13.8. The van der Waals surface area contributed by atoms with Crippen LogP contribution in [0.25, 0.3) is 0 Å². The van der Waals surface area contributed by atoms with Crippen molar-refractivity contribution in [3.8, 4) is 0 Å². The molecule has 0 radical (unpaired) electrons. The molecule has 0 amide bonds. The summed E-state index contributed by atoms with van der Waals surface area (Å²) >= 11 is 6.32. The summed E-state index contributed by atoms with van der Waals surface area (Å²) in [6, 6.07) is 0. The lowest BCUT2D eigenvalue weighted by Crippen LogP contribution is -2.28. The highest BCUT2D eigenvalue weighted by Crippen LogP contribution is 2.41. The molecule has 18 heavy (non-hydrogen) atoms. The van der Waals surface area contributed by atoms with Crippen molar-refractivity contribution >= 4 is 11.6 Å². The van der Waals surface area contributed by atoms with Gasteiger partial charge in [0.15, 0.2) is 5.82 Å². The molecule has 0 aromatic carbocycles. The van der Waals surface area contributed by atoms with Crippen molar-refractivity contribution in [1.29, 1.82) is 0 Å². The summed E-state index contributed by atoms with van der Waals surface area (Å²) in [7, 11) is 1.74. The monoisotopic (exact) mass is 268 g/mol. The Bertz CT molecular complexity index is 416. The van der Waals surface area contributed by atoms with Gasteiger partial charge in [0.1, 0.15) is 10.8 Å². The maximum atomic E-state index is 6.32.